The van der Waals surface area contributed by atoms with Crippen LogP contribution in [0.4, 0.5) is 0 Å². The van der Waals surface area contributed by atoms with Crippen molar-refractivity contribution in [2.75, 3.05) is 6.54 Å². The summed E-state index contributed by atoms with van der Waals surface area (Å²) in [5.41, 5.74) is 1.40. The molecule has 0 saturated heterocycles. The van der Waals surface area contributed by atoms with Crippen LogP contribution in [0.5, 0.6) is 0 Å². The Kier molecular flexibility index (Phi) is 7.95. The molecule has 1 saturated carbocycles. The van der Waals surface area contributed by atoms with Gasteiger partial charge in [-0.15, -0.1) is 0 Å². The highest BCUT2D eigenvalue weighted by Crippen LogP contribution is 2.27. The van der Waals surface area contributed by atoms with Crippen LogP contribution in [0.15, 0.2) is 10.9 Å². The summed E-state index contributed by atoms with van der Waals surface area (Å²) in [6.07, 6.45) is 12.7. The van der Waals surface area contributed by atoms with Crippen molar-refractivity contribution >= 4 is 11.9 Å². The lowest BCUT2D eigenvalue weighted by Gasteiger charge is -2.26. The molecule has 3 rings (SSSR count). The number of carbonyl (C=O) groups excluding carboxylic acids is 1. The largest absolute Gasteiger partial charge is 0.481 e. The second-order valence-corrected chi connectivity index (χ2v) is 10.1. The van der Waals surface area contributed by atoms with Gasteiger partial charge in [0.2, 0.25) is 0 Å². The number of aromatic nitrogens is 1. The minimum absolute atomic E-state index is 0.181. The second-order valence-electron chi connectivity index (χ2n) is 10.1. The lowest BCUT2D eigenvalue weighted by molar-refractivity contribution is -0.147. The van der Waals surface area contributed by atoms with Crippen molar-refractivity contribution in [2.45, 2.75) is 97.4 Å². The first-order chi connectivity index (χ1) is 14.8. The molecule has 0 atom stereocenters. The number of nitrogens with zero attached hydrogens (tertiary/aromatic N) is 1. The molecule has 2 aliphatic rings. The number of aliphatic carboxylic acids is 1. The number of fused-ring (bicyclic) bond motifs is 1. The number of rotatable bonds is 7. The first-order valence-electron chi connectivity index (χ1n) is 12.1. The molecule has 2 aliphatic carbocycles. The fourth-order valence-electron chi connectivity index (χ4n) is 4.91. The van der Waals surface area contributed by atoms with Crippen LogP contribution >= 0.6 is 0 Å². The van der Waals surface area contributed by atoms with Gasteiger partial charge in [-0.05, 0) is 76.3 Å². The van der Waals surface area contributed by atoms with E-state index in [1.807, 2.05) is 10.6 Å². The highest BCUT2D eigenvalue weighted by Gasteiger charge is 2.27. The number of amides is 1. The minimum atomic E-state index is -0.916. The zero-order valence-corrected chi connectivity index (χ0v) is 19.2. The van der Waals surface area contributed by atoms with Crippen LogP contribution in [-0.2, 0) is 24.2 Å². The fourth-order valence-corrected chi connectivity index (χ4v) is 4.91. The average Bonchev–Trinajstić information content (AvgIpc) is 2.71. The molecule has 1 aromatic heterocycles. The monoisotopic (exact) mass is 430 g/mol. The van der Waals surface area contributed by atoms with Gasteiger partial charge in [0.25, 0.3) is 11.5 Å². The lowest BCUT2D eigenvalue weighted by Crippen LogP contribution is -2.38. The fraction of sp³-hybridized carbons (Fsp3) is 0.720. The number of carboxylic acid groups (broad SMARTS) is 1. The summed E-state index contributed by atoms with van der Waals surface area (Å²) in [7, 11) is 0. The van der Waals surface area contributed by atoms with E-state index in [9.17, 15) is 19.5 Å². The van der Waals surface area contributed by atoms with Crippen LogP contribution in [-0.4, -0.2) is 28.1 Å². The maximum absolute atomic E-state index is 13.4. The smallest absolute Gasteiger partial charge is 0.309 e. The average molecular weight is 431 g/mol. The summed E-state index contributed by atoms with van der Waals surface area (Å²) >= 11 is 0. The van der Waals surface area contributed by atoms with Gasteiger partial charge in [-0.1, -0.05) is 32.1 Å². The number of pyridine rings is 1. The summed E-state index contributed by atoms with van der Waals surface area (Å²) in [5, 5.41) is 12.1. The number of nitrogens with one attached hydrogen (secondary N) is 1. The minimum Gasteiger partial charge on any atom is -0.481 e. The number of carbonyl (C=O) groups is 2. The third-order valence-electron chi connectivity index (χ3n) is 7.12. The molecule has 0 aliphatic heterocycles. The summed E-state index contributed by atoms with van der Waals surface area (Å²) in [5.74, 6) is -0.762. The predicted octanol–water partition coefficient (Wildman–Crippen LogP) is 4.32. The molecule has 1 aromatic rings. The van der Waals surface area contributed by atoms with Gasteiger partial charge in [0.05, 0.1) is 5.41 Å². The molecule has 1 fully saturated rings. The van der Waals surface area contributed by atoms with Crippen molar-refractivity contribution < 1.29 is 14.7 Å². The Morgan fingerprint density at radius 1 is 1.06 bits per heavy atom. The molecule has 0 radical (unpaired) electrons. The van der Waals surface area contributed by atoms with Crippen molar-refractivity contribution in [3.63, 3.8) is 0 Å². The van der Waals surface area contributed by atoms with E-state index >= 15 is 0 Å². The van der Waals surface area contributed by atoms with Crippen LogP contribution in [0.1, 0.15) is 99.7 Å². The normalized spacial score (nSPS) is 18.0. The zero-order valence-electron chi connectivity index (χ0n) is 19.2. The Bertz CT molecular complexity index is 850. The third-order valence-corrected chi connectivity index (χ3v) is 7.12. The maximum atomic E-state index is 13.4. The van der Waals surface area contributed by atoms with Gasteiger partial charge in [0, 0.05) is 18.8 Å². The third kappa shape index (κ3) is 5.98. The van der Waals surface area contributed by atoms with Crippen LogP contribution in [0.25, 0.3) is 0 Å². The molecule has 0 aromatic carbocycles. The Balaban J connectivity index is 1.86. The van der Waals surface area contributed by atoms with Gasteiger partial charge in [-0.3, -0.25) is 14.4 Å². The molecule has 6 heteroatoms. The Labute approximate surface area is 185 Å². The number of hydrogen-bond donors (Lipinski definition) is 2. The van der Waals surface area contributed by atoms with Crippen LogP contribution in [0.3, 0.4) is 0 Å². The van der Waals surface area contributed by atoms with Gasteiger partial charge in [0.1, 0.15) is 5.56 Å². The molecule has 1 amide bonds. The van der Waals surface area contributed by atoms with E-state index in [2.05, 4.69) is 5.32 Å². The van der Waals surface area contributed by atoms with E-state index < -0.39 is 11.4 Å². The Morgan fingerprint density at radius 2 is 1.71 bits per heavy atom. The number of hydrogen-bond acceptors (Lipinski definition) is 3. The van der Waals surface area contributed by atoms with Gasteiger partial charge >= 0.3 is 5.97 Å². The first kappa shape index (κ1) is 23.6. The zero-order chi connectivity index (χ0) is 22.4. The molecule has 31 heavy (non-hydrogen) atoms. The molecular weight excluding hydrogens is 392 g/mol. The van der Waals surface area contributed by atoms with Gasteiger partial charge in [-0.2, -0.15) is 0 Å². The summed E-state index contributed by atoms with van der Waals surface area (Å²) in [6, 6.07) is 1.82. The first-order valence-corrected chi connectivity index (χ1v) is 12.1. The number of aryl methyl sites for hydroxylation is 1. The summed E-state index contributed by atoms with van der Waals surface area (Å²) in [6.45, 7) is 4.24. The molecule has 0 bridgehead atoms. The van der Waals surface area contributed by atoms with Crippen LogP contribution in [0.2, 0.25) is 0 Å². The van der Waals surface area contributed by atoms with E-state index in [1.165, 1.54) is 32.1 Å². The maximum Gasteiger partial charge on any atom is 0.309 e. The summed E-state index contributed by atoms with van der Waals surface area (Å²) < 4.78 is 1.92. The van der Waals surface area contributed by atoms with E-state index in [-0.39, 0.29) is 23.6 Å². The van der Waals surface area contributed by atoms with Crippen LogP contribution < -0.4 is 10.9 Å². The van der Waals surface area contributed by atoms with Crippen molar-refractivity contribution in [1.29, 1.82) is 0 Å². The second kappa shape index (κ2) is 10.5. The number of carboxylic acids is 1. The lowest BCUT2D eigenvalue weighted by atomic mass is 9.88. The molecule has 0 spiro atoms. The molecule has 6 nitrogen and oxygen atoms in total. The van der Waals surface area contributed by atoms with E-state index in [0.29, 0.717) is 18.9 Å². The predicted molar refractivity (Wildman–Crippen MR) is 122 cm³/mol. The van der Waals surface area contributed by atoms with E-state index in [1.54, 1.807) is 13.8 Å². The van der Waals surface area contributed by atoms with Crippen LogP contribution in [0, 0.1) is 11.3 Å². The highest BCUT2D eigenvalue weighted by molar-refractivity contribution is 5.94. The molecule has 172 valence electrons. The van der Waals surface area contributed by atoms with Gasteiger partial charge in [-0.25, -0.2) is 0 Å². The van der Waals surface area contributed by atoms with Crippen molar-refractivity contribution in [2.24, 2.45) is 11.3 Å². The highest BCUT2D eigenvalue weighted by atomic mass is 16.4. The quantitative estimate of drug-likeness (QED) is 0.674. The van der Waals surface area contributed by atoms with Crippen molar-refractivity contribution in [3.05, 3.63) is 33.2 Å². The van der Waals surface area contributed by atoms with Crippen molar-refractivity contribution in [3.8, 4) is 0 Å². The van der Waals surface area contributed by atoms with E-state index in [0.717, 1.165) is 49.8 Å². The standard InChI is InChI=1S/C25H38N2O4/c1-25(2,24(30)31)14-15-26-22(28)20-16-19-12-8-3-4-9-13-21(19)27(23(20)29)17-18-10-6-5-7-11-18/h16,18H,3-15,17H2,1-2H3,(H,26,28)(H,30,31). The molecule has 1 heterocycles. The van der Waals surface area contributed by atoms with Gasteiger partial charge in [0.15, 0.2) is 0 Å². The molecule has 2 N–H and O–H groups in total. The van der Waals surface area contributed by atoms with E-state index in [4.69, 9.17) is 0 Å². The Morgan fingerprint density at radius 3 is 2.39 bits per heavy atom. The summed E-state index contributed by atoms with van der Waals surface area (Å²) in [4.78, 5) is 37.7. The molecule has 0 unspecified atom stereocenters. The topological polar surface area (TPSA) is 88.4 Å². The Hall–Kier alpha value is -2.11. The SMILES string of the molecule is CC(C)(CCNC(=O)c1cc2c(n(CC3CCCCC3)c1=O)CCCCCC2)C(=O)O. The molecular formula is C25H38N2O4. The van der Waals surface area contributed by atoms with Gasteiger partial charge < -0.3 is 15.0 Å². The van der Waals surface area contributed by atoms with Crippen molar-refractivity contribution in [1.82, 2.24) is 9.88 Å².